The van der Waals surface area contributed by atoms with Gasteiger partial charge in [-0.1, -0.05) is 71.5 Å². The van der Waals surface area contributed by atoms with Gasteiger partial charge in [-0.3, -0.25) is 9.52 Å². The zero-order valence-corrected chi connectivity index (χ0v) is 20.5. The maximum absolute atomic E-state index is 12.7. The second-order valence-corrected chi connectivity index (χ2v) is 10.6. The minimum atomic E-state index is -3.80. The number of benzene rings is 3. The summed E-state index contributed by atoms with van der Waals surface area (Å²) in [5.41, 5.74) is 3.14. The van der Waals surface area contributed by atoms with E-state index in [-0.39, 0.29) is 15.9 Å². The van der Waals surface area contributed by atoms with Gasteiger partial charge in [0.05, 0.1) is 4.90 Å². The van der Waals surface area contributed by atoms with Gasteiger partial charge < -0.3 is 5.32 Å². The van der Waals surface area contributed by atoms with E-state index in [4.69, 9.17) is 11.6 Å². The second kappa shape index (κ2) is 10.3. The zero-order valence-electron chi connectivity index (χ0n) is 18.2. The van der Waals surface area contributed by atoms with Crippen molar-refractivity contribution in [3.8, 4) is 10.6 Å². The number of halogens is 1. The molecule has 0 spiro atoms. The molecule has 1 amide bonds. The molecular weight excluding hydrogens is 492 g/mol. The van der Waals surface area contributed by atoms with E-state index >= 15 is 0 Å². The largest absolute Gasteiger partial charge is 0.352 e. The lowest BCUT2D eigenvalue weighted by Crippen LogP contribution is -2.26. The number of aryl methyl sites for hydroxylation is 1. The Labute approximate surface area is 206 Å². The second-order valence-electron chi connectivity index (χ2n) is 7.49. The number of rotatable bonds is 8. The molecule has 0 bridgehead atoms. The lowest BCUT2D eigenvalue weighted by Gasteiger charge is -2.09. The molecule has 1 aromatic heterocycles. The number of nitrogens with one attached hydrogen (secondary N) is 2. The smallest absolute Gasteiger partial charge is 0.263 e. The SMILES string of the molecule is Cc1ccc(Cl)cc1C(=O)NCCc1ccc(S(=O)(=O)Nc2nnc(-c3ccccc3)s2)cc1. The zero-order chi connectivity index (χ0) is 24.1. The van der Waals surface area contributed by atoms with Crippen LogP contribution in [0.5, 0.6) is 0 Å². The van der Waals surface area contributed by atoms with Crippen LogP contribution in [0.4, 0.5) is 5.13 Å². The van der Waals surface area contributed by atoms with Gasteiger partial charge in [0.15, 0.2) is 0 Å². The van der Waals surface area contributed by atoms with Gasteiger partial charge in [-0.25, -0.2) is 8.42 Å². The molecule has 4 rings (SSSR count). The molecule has 0 saturated heterocycles. The third kappa shape index (κ3) is 5.80. The number of anilines is 1. The fourth-order valence-electron chi connectivity index (χ4n) is 3.23. The van der Waals surface area contributed by atoms with Crippen molar-refractivity contribution in [2.45, 2.75) is 18.2 Å². The summed E-state index contributed by atoms with van der Waals surface area (Å²) >= 11 is 7.15. The number of carbonyl (C=O) groups excluding carboxylic acids is 1. The molecule has 174 valence electrons. The quantitative estimate of drug-likeness (QED) is 0.348. The predicted octanol–water partition coefficient (Wildman–Crippen LogP) is 4.94. The van der Waals surface area contributed by atoms with E-state index in [2.05, 4.69) is 20.2 Å². The average Bonchev–Trinajstić information content (AvgIpc) is 3.29. The number of sulfonamides is 1. The van der Waals surface area contributed by atoms with Crippen molar-refractivity contribution in [2.75, 3.05) is 11.3 Å². The Morgan fingerprint density at radius 1 is 1.00 bits per heavy atom. The van der Waals surface area contributed by atoms with Gasteiger partial charge in [0.25, 0.3) is 15.9 Å². The number of hydrogen-bond donors (Lipinski definition) is 2. The van der Waals surface area contributed by atoms with Crippen LogP contribution in [-0.4, -0.2) is 31.1 Å². The normalized spacial score (nSPS) is 11.2. The summed E-state index contributed by atoms with van der Waals surface area (Å²) in [6, 6.07) is 21.1. The summed E-state index contributed by atoms with van der Waals surface area (Å²) in [5, 5.41) is 12.2. The molecule has 0 aliphatic heterocycles. The van der Waals surface area contributed by atoms with Crippen molar-refractivity contribution in [3.05, 3.63) is 94.5 Å². The van der Waals surface area contributed by atoms with Crippen molar-refractivity contribution in [1.82, 2.24) is 15.5 Å². The van der Waals surface area contributed by atoms with Crippen molar-refractivity contribution < 1.29 is 13.2 Å². The standard InChI is InChI=1S/C24H21ClN4O3S2/c1-16-7-10-19(25)15-21(16)22(30)26-14-13-17-8-11-20(12-9-17)34(31,32)29-24-28-27-23(33-24)18-5-3-2-4-6-18/h2-12,15H,13-14H2,1H3,(H,26,30)(H,28,29). The van der Waals surface area contributed by atoms with Gasteiger partial charge in [0, 0.05) is 22.7 Å². The van der Waals surface area contributed by atoms with Crippen LogP contribution in [0, 0.1) is 6.92 Å². The van der Waals surface area contributed by atoms with Crippen molar-refractivity contribution >= 4 is 44.0 Å². The first-order valence-corrected chi connectivity index (χ1v) is 13.0. The number of amides is 1. The highest BCUT2D eigenvalue weighted by molar-refractivity contribution is 7.93. The van der Waals surface area contributed by atoms with Gasteiger partial charge in [-0.2, -0.15) is 0 Å². The first-order chi connectivity index (χ1) is 16.3. The highest BCUT2D eigenvalue weighted by Crippen LogP contribution is 2.27. The van der Waals surface area contributed by atoms with Gasteiger partial charge >= 0.3 is 0 Å². The molecule has 4 aromatic rings. The molecule has 0 aliphatic rings. The molecule has 2 N–H and O–H groups in total. The van der Waals surface area contributed by atoms with Crippen LogP contribution >= 0.6 is 22.9 Å². The summed E-state index contributed by atoms with van der Waals surface area (Å²) in [7, 11) is -3.80. The minimum Gasteiger partial charge on any atom is -0.352 e. The Kier molecular flexibility index (Phi) is 7.26. The fourth-order valence-corrected chi connectivity index (χ4v) is 5.38. The van der Waals surface area contributed by atoms with Crippen molar-refractivity contribution in [1.29, 1.82) is 0 Å². The lowest BCUT2D eigenvalue weighted by molar-refractivity contribution is 0.0953. The molecule has 0 radical (unpaired) electrons. The maximum Gasteiger partial charge on any atom is 0.263 e. The van der Waals surface area contributed by atoms with E-state index in [0.717, 1.165) is 28.0 Å². The van der Waals surface area contributed by atoms with Gasteiger partial charge in [0.1, 0.15) is 5.01 Å². The van der Waals surface area contributed by atoms with E-state index in [1.54, 1.807) is 30.3 Å². The average molecular weight is 513 g/mol. The number of aromatic nitrogens is 2. The summed E-state index contributed by atoms with van der Waals surface area (Å²) in [5.74, 6) is -0.199. The summed E-state index contributed by atoms with van der Waals surface area (Å²) < 4.78 is 28.0. The Balaban J connectivity index is 1.35. The molecule has 0 aliphatic carbocycles. The predicted molar refractivity (Wildman–Crippen MR) is 135 cm³/mol. The summed E-state index contributed by atoms with van der Waals surface area (Å²) in [6.45, 7) is 2.25. The molecule has 0 atom stereocenters. The molecular formula is C24H21ClN4O3S2. The number of nitrogens with zero attached hydrogens (tertiary/aromatic N) is 2. The Morgan fingerprint density at radius 2 is 1.74 bits per heavy atom. The van der Waals surface area contributed by atoms with Crippen molar-refractivity contribution in [2.24, 2.45) is 0 Å². The van der Waals surface area contributed by atoms with Gasteiger partial charge in [-0.05, 0) is 48.7 Å². The first kappa shape index (κ1) is 23.9. The minimum absolute atomic E-state index is 0.117. The van der Waals surface area contributed by atoms with E-state index in [0.29, 0.717) is 28.6 Å². The Hall–Kier alpha value is -3.27. The van der Waals surface area contributed by atoms with Crippen LogP contribution in [-0.2, 0) is 16.4 Å². The van der Waals surface area contributed by atoms with Gasteiger partial charge in [0.2, 0.25) is 5.13 Å². The molecule has 34 heavy (non-hydrogen) atoms. The molecule has 1 heterocycles. The first-order valence-electron chi connectivity index (χ1n) is 10.4. The van der Waals surface area contributed by atoms with Crippen LogP contribution in [0.3, 0.4) is 0 Å². The Morgan fingerprint density at radius 3 is 2.47 bits per heavy atom. The molecule has 0 fully saturated rings. The highest BCUT2D eigenvalue weighted by atomic mass is 35.5. The highest BCUT2D eigenvalue weighted by Gasteiger charge is 2.17. The van der Waals surface area contributed by atoms with E-state index in [9.17, 15) is 13.2 Å². The monoisotopic (exact) mass is 512 g/mol. The summed E-state index contributed by atoms with van der Waals surface area (Å²) in [6.07, 6.45) is 0.552. The maximum atomic E-state index is 12.7. The lowest BCUT2D eigenvalue weighted by atomic mass is 10.1. The molecule has 3 aromatic carbocycles. The van der Waals surface area contributed by atoms with Crippen LogP contribution in [0.15, 0.2) is 77.7 Å². The number of carbonyl (C=O) groups is 1. The van der Waals surface area contributed by atoms with E-state index in [1.807, 2.05) is 37.3 Å². The molecule has 0 unspecified atom stereocenters. The Bertz CT molecular complexity index is 1410. The summed E-state index contributed by atoms with van der Waals surface area (Å²) in [4.78, 5) is 12.5. The van der Waals surface area contributed by atoms with E-state index < -0.39 is 10.0 Å². The fraction of sp³-hybridized carbons (Fsp3) is 0.125. The molecule has 7 nitrogen and oxygen atoms in total. The van der Waals surface area contributed by atoms with Crippen LogP contribution in [0.25, 0.3) is 10.6 Å². The van der Waals surface area contributed by atoms with Crippen LogP contribution in [0.1, 0.15) is 21.5 Å². The molecule has 0 saturated carbocycles. The topological polar surface area (TPSA) is 101 Å². The van der Waals surface area contributed by atoms with Crippen LogP contribution < -0.4 is 10.0 Å². The van der Waals surface area contributed by atoms with Gasteiger partial charge in [-0.15, -0.1) is 10.2 Å². The van der Waals surface area contributed by atoms with Crippen LogP contribution in [0.2, 0.25) is 5.02 Å². The van der Waals surface area contributed by atoms with Crippen molar-refractivity contribution in [3.63, 3.8) is 0 Å². The number of hydrogen-bond acceptors (Lipinski definition) is 6. The van der Waals surface area contributed by atoms with E-state index in [1.165, 1.54) is 12.1 Å². The molecule has 10 heteroatoms. The third-order valence-corrected chi connectivity index (χ3v) is 7.65. The third-order valence-electron chi connectivity index (χ3n) is 5.04.